The summed E-state index contributed by atoms with van der Waals surface area (Å²) in [5, 5.41) is 0. The minimum Gasteiger partial charge on any atom is -0.366 e. The van der Waals surface area contributed by atoms with E-state index in [0.29, 0.717) is 37.6 Å². The second-order valence-electron chi connectivity index (χ2n) is 7.28. The number of benzene rings is 1. The predicted molar refractivity (Wildman–Crippen MR) is 106 cm³/mol. The number of carbonyl (C=O) groups excluding carboxylic acids is 1. The molecule has 148 valence electrons. The Bertz CT molecular complexity index is 814. The Balaban J connectivity index is 1.36. The normalized spacial score (nSPS) is 18.4. The molecule has 2 saturated heterocycles. The van der Waals surface area contributed by atoms with E-state index in [4.69, 9.17) is 0 Å². The molecule has 0 N–H and O–H groups in total. The lowest BCUT2D eigenvalue weighted by molar-refractivity contribution is 0.0740. The Morgan fingerprint density at radius 1 is 0.893 bits per heavy atom. The smallest absolute Gasteiger partial charge is 0.274 e. The predicted octanol–water partition coefficient (Wildman–Crippen LogP) is 1.33. The topological polar surface area (TPSA) is 55.8 Å². The summed E-state index contributed by atoms with van der Waals surface area (Å²) in [6, 6.07) is 6.75. The van der Waals surface area contributed by atoms with Gasteiger partial charge in [-0.25, -0.2) is 14.4 Å². The van der Waals surface area contributed by atoms with Gasteiger partial charge in [0.15, 0.2) is 0 Å². The van der Waals surface area contributed by atoms with Gasteiger partial charge in [0.05, 0.1) is 18.1 Å². The molecule has 1 aromatic carbocycles. The molecular weight excluding hydrogens is 359 g/mol. The molecule has 4 rings (SSSR count). The van der Waals surface area contributed by atoms with Crippen molar-refractivity contribution in [2.24, 2.45) is 0 Å². The summed E-state index contributed by atoms with van der Waals surface area (Å²) in [5.41, 5.74) is 0.947. The largest absolute Gasteiger partial charge is 0.366 e. The van der Waals surface area contributed by atoms with E-state index >= 15 is 0 Å². The number of para-hydroxylation sites is 1. The van der Waals surface area contributed by atoms with Crippen molar-refractivity contribution in [3.05, 3.63) is 48.2 Å². The van der Waals surface area contributed by atoms with Crippen LogP contribution >= 0.6 is 0 Å². The summed E-state index contributed by atoms with van der Waals surface area (Å²) in [5.74, 6) is 0.465. The Kier molecular flexibility index (Phi) is 5.38. The Morgan fingerprint density at radius 3 is 2.21 bits per heavy atom. The Morgan fingerprint density at radius 2 is 1.57 bits per heavy atom. The summed E-state index contributed by atoms with van der Waals surface area (Å²) in [6.07, 6.45) is 3.26. The molecule has 0 atom stereocenters. The van der Waals surface area contributed by atoms with Gasteiger partial charge in [0.2, 0.25) is 0 Å². The quantitative estimate of drug-likeness (QED) is 0.796. The van der Waals surface area contributed by atoms with E-state index in [1.54, 1.807) is 29.4 Å². The molecule has 3 heterocycles. The van der Waals surface area contributed by atoms with E-state index in [1.165, 1.54) is 6.07 Å². The molecule has 0 spiro atoms. The van der Waals surface area contributed by atoms with Crippen molar-refractivity contribution < 1.29 is 9.18 Å². The zero-order chi connectivity index (χ0) is 19.5. The van der Waals surface area contributed by atoms with Crippen LogP contribution in [0.2, 0.25) is 0 Å². The molecule has 28 heavy (non-hydrogen) atoms. The number of amides is 1. The maximum atomic E-state index is 14.0. The van der Waals surface area contributed by atoms with Gasteiger partial charge in [0.1, 0.15) is 17.3 Å². The van der Waals surface area contributed by atoms with E-state index in [2.05, 4.69) is 26.8 Å². The fourth-order valence-electron chi connectivity index (χ4n) is 3.65. The van der Waals surface area contributed by atoms with Crippen molar-refractivity contribution in [3.8, 4) is 0 Å². The molecular formula is C20H25FN6O. The monoisotopic (exact) mass is 384 g/mol. The summed E-state index contributed by atoms with van der Waals surface area (Å²) in [7, 11) is 2.11. The first-order chi connectivity index (χ1) is 13.6. The van der Waals surface area contributed by atoms with Crippen molar-refractivity contribution in [1.29, 1.82) is 0 Å². The van der Waals surface area contributed by atoms with Crippen LogP contribution < -0.4 is 9.80 Å². The molecule has 0 bridgehead atoms. The summed E-state index contributed by atoms with van der Waals surface area (Å²) >= 11 is 0. The third-order valence-electron chi connectivity index (χ3n) is 5.44. The highest BCUT2D eigenvalue weighted by Gasteiger charge is 2.25. The highest BCUT2D eigenvalue weighted by Crippen LogP contribution is 2.20. The zero-order valence-electron chi connectivity index (χ0n) is 16.1. The van der Waals surface area contributed by atoms with Gasteiger partial charge in [0.25, 0.3) is 5.91 Å². The number of anilines is 2. The number of rotatable bonds is 3. The fraction of sp³-hybridized carbons (Fsp3) is 0.450. The molecule has 0 aliphatic carbocycles. The van der Waals surface area contributed by atoms with Crippen molar-refractivity contribution in [3.63, 3.8) is 0 Å². The van der Waals surface area contributed by atoms with Gasteiger partial charge in [-0.05, 0) is 19.2 Å². The highest BCUT2D eigenvalue weighted by molar-refractivity contribution is 5.92. The van der Waals surface area contributed by atoms with Crippen molar-refractivity contribution in [1.82, 2.24) is 19.8 Å². The molecule has 0 saturated carbocycles. The molecule has 2 fully saturated rings. The van der Waals surface area contributed by atoms with Crippen LogP contribution in [0.3, 0.4) is 0 Å². The number of carbonyl (C=O) groups is 1. The lowest BCUT2D eigenvalue weighted by Gasteiger charge is -2.36. The first kappa shape index (κ1) is 18.6. The van der Waals surface area contributed by atoms with E-state index in [9.17, 15) is 9.18 Å². The fourth-order valence-corrected chi connectivity index (χ4v) is 3.65. The molecule has 1 aromatic heterocycles. The van der Waals surface area contributed by atoms with Crippen molar-refractivity contribution in [2.75, 3.05) is 69.2 Å². The summed E-state index contributed by atoms with van der Waals surface area (Å²) in [4.78, 5) is 29.8. The first-order valence-electron chi connectivity index (χ1n) is 9.66. The standard InChI is InChI=1S/C20H25FN6O/c1-24-6-8-26(9-7-24)19-15-22-17(14-23-19)20(28)27-12-10-25(11-13-27)18-5-3-2-4-16(18)21/h2-5,14-15H,6-13H2,1H3. The molecule has 0 unspecified atom stereocenters. The van der Waals surface area contributed by atoms with Gasteiger partial charge < -0.3 is 19.6 Å². The number of halogens is 1. The average molecular weight is 384 g/mol. The van der Waals surface area contributed by atoms with Crippen LogP contribution in [0.5, 0.6) is 0 Å². The Hall–Kier alpha value is -2.74. The van der Waals surface area contributed by atoms with Gasteiger partial charge >= 0.3 is 0 Å². The number of hydrogen-bond acceptors (Lipinski definition) is 6. The number of aromatic nitrogens is 2. The summed E-state index contributed by atoms with van der Waals surface area (Å²) < 4.78 is 14.0. The SMILES string of the molecule is CN1CCN(c2cnc(C(=O)N3CCN(c4ccccc4F)CC3)cn2)CC1. The summed E-state index contributed by atoms with van der Waals surface area (Å²) in [6.45, 7) is 6.08. The van der Waals surface area contributed by atoms with Gasteiger partial charge in [-0.1, -0.05) is 12.1 Å². The number of nitrogens with zero attached hydrogens (tertiary/aromatic N) is 6. The molecule has 0 radical (unpaired) electrons. The van der Waals surface area contributed by atoms with Gasteiger partial charge in [0, 0.05) is 52.4 Å². The lowest BCUT2D eigenvalue weighted by Crippen LogP contribution is -2.49. The van der Waals surface area contributed by atoms with Crippen LogP contribution in [0.25, 0.3) is 0 Å². The van der Waals surface area contributed by atoms with Gasteiger partial charge in [-0.15, -0.1) is 0 Å². The lowest BCUT2D eigenvalue weighted by atomic mass is 10.2. The third-order valence-corrected chi connectivity index (χ3v) is 5.44. The Labute approximate surface area is 164 Å². The van der Waals surface area contributed by atoms with E-state index in [0.717, 1.165) is 32.0 Å². The van der Waals surface area contributed by atoms with Crippen molar-refractivity contribution >= 4 is 17.4 Å². The third kappa shape index (κ3) is 3.91. The minimum absolute atomic E-state index is 0.120. The molecule has 1 amide bonds. The van der Waals surface area contributed by atoms with Crippen LogP contribution in [-0.2, 0) is 0 Å². The highest BCUT2D eigenvalue weighted by atomic mass is 19.1. The molecule has 7 nitrogen and oxygen atoms in total. The van der Waals surface area contributed by atoms with Crippen LogP contribution in [-0.4, -0.2) is 85.1 Å². The molecule has 2 aromatic rings. The maximum absolute atomic E-state index is 14.0. The van der Waals surface area contributed by atoms with E-state index < -0.39 is 0 Å². The maximum Gasteiger partial charge on any atom is 0.274 e. The average Bonchev–Trinajstić information content (AvgIpc) is 2.74. The number of hydrogen-bond donors (Lipinski definition) is 0. The van der Waals surface area contributed by atoms with Crippen LogP contribution in [0.15, 0.2) is 36.7 Å². The molecule has 2 aliphatic rings. The second kappa shape index (κ2) is 8.10. The number of likely N-dealkylation sites (N-methyl/N-ethyl adjacent to an activating group) is 1. The van der Waals surface area contributed by atoms with Crippen molar-refractivity contribution in [2.45, 2.75) is 0 Å². The minimum atomic E-state index is -0.229. The van der Waals surface area contributed by atoms with E-state index in [1.807, 2.05) is 11.0 Å². The zero-order valence-corrected chi connectivity index (χ0v) is 16.1. The van der Waals surface area contributed by atoms with Crippen LogP contribution in [0.4, 0.5) is 15.9 Å². The van der Waals surface area contributed by atoms with Gasteiger partial charge in [-0.3, -0.25) is 4.79 Å². The second-order valence-corrected chi connectivity index (χ2v) is 7.28. The molecule has 2 aliphatic heterocycles. The molecule has 8 heteroatoms. The van der Waals surface area contributed by atoms with Crippen LogP contribution in [0, 0.1) is 5.82 Å². The first-order valence-corrected chi connectivity index (χ1v) is 9.66. The number of piperazine rings is 2. The van der Waals surface area contributed by atoms with Crippen LogP contribution in [0.1, 0.15) is 10.5 Å². The van der Waals surface area contributed by atoms with E-state index in [-0.39, 0.29) is 11.7 Å². The van der Waals surface area contributed by atoms with Gasteiger partial charge in [-0.2, -0.15) is 0 Å².